The molecule has 2 unspecified atom stereocenters. The van der Waals surface area contributed by atoms with Gasteiger partial charge in [0, 0.05) is 20.1 Å². The second-order valence-electron chi connectivity index (χ2n) is 13.0. The van der Waals surface area contributed by atoms with Gasteiger partial charge in [-0.25, -0.2) is 19.3 Å². The molecule has 0 radical (unpaired) electrons. The number of carbonyl (C=O) groups is 1. The van der Waals surface area contributed by atoms with E-state index in [-0.39, 0.29) is 11.1 Å². The van der Waals surface area contributed by atoms with Gasteiger partial charge < -0.3 is 10.2 Å². The summed E-state index contributed by atoms with van der Waals surface area (Å²) in [5, 5.41) is 7.59. The first kappa shape index (κ1) is 24.1. The van der Waals surface area contributed by atoms with Gasteiger partial charge in [-0.3, -0.25) is 13.9 Å². The normalized spacial score (nSPS) is 29.5. The van der Waals surface area contributed by atoms with E-state index in [1.54, 1.807) is 22.3 Å². The average Bonchev–Trinajstić information content (AvgIpc) is 3.49. The van der Waals surface area contributed by atoms with Crippen molar-refractivity contribution in [1.82, 2.24) is 38.6 Å². The van der Waals surface area contributed by atoms with Crippen LogP contribution in [0.3, 0.4) is 0 Å². The third-order valence-corrected chi connectivity index (χ3v) is 10.3. The maximum atomic E-state index is 14.1. The second kappa shape index (κ2) is 8.37. The summed E-state index contributed by atoms with van der Waals surface area (Å²) in [6, 6.07) is 1.96. The number of anilines is 2. The number of aryl methyl sites for hydroxylation is 2. The van der Waals surface area contributed by atoms with Crippen LogP contribution < -0.4 is 11.0 Å². The zero-order chi connectivity index (χ0) is 27.2. The molecule has 0 spiro atoms. The fraction of sp³-hybridized carbons (Fsp3) is 0.586. The molecule has 208 valence electrons. The van der Waals surface area contributed by atoms with Crippen molar-refractivity contribution in [3.05, 3.63) is 40.8 Å². The number of pyridine rings is 1. The fourth-order valence-corrected chi connectivity index (χ4v) is 8.97. The Morgan fingerprint density at radius 1 is 1.07 bits per heavy atom. The van der Waals surface area contributed by atoms with Crippen LogP contribution in [0.4, 0.5) is 11.6 Å². The van der Waals surface area contributed by atoms with Crippen LogP contribution in [0.1, 0.15) is 63.4 Å². The molecule has 40 heavy (non-hydrogen) atoms. The maximum Gasteiger partial charge on any atom is 0.330 e. The molecule has 5 heterocycles. The highest BCUT2D eigenvalue weighted by molar-refractivity contribution is 5.84. The van der Waals surface area contributed by atoms with Crippen LogP contribution in [0.15, 0.2) is 29.6 Å². The van der Waals surface area contributed by atoms with Gasteiger partial charge in [-0.05, 0) is 88.2 Å². The first-order valence-electron chi connectivity index (χ1n) is 14.7. The van der Waals surface area contributed by atoms with Gasteiger partial charge in [0.15, 0.2) is 11.3 Å². The molecular weight excluding hydrogens is 506 g/mol. The van der Waals surface area contributed by atoms with Crippen molar-refractivity contribution in [3.8, 4) is 0 Å². The van der Waals surface area contributed by atoms with Crippen LogP contribution in [0, 0.1) is 24.2 Å². The molecule has 9 rings (SSSR count). The minimum atomic E-state index is -0.396. The number of hydrogen-bond acceptors (Lipinski definition) is 7. The molecule has 1 amide bonds. The summed E-state index contributed by atoms with van der Waals surface area (Å²) in [4.78, 5) is 44.0. The standard InChI is InChI=1S/C29H35N9O2/c1-18-8-23-31-17-32-37(23)15-21(18)33-26-30-14-22-24(34-26)38(27(40)35(22)2)29-12-19-9-20(13-29)11-28(10-19,16-29)25(39)36-6-4-3-5-7-36/h8,14-15,17,19-20H,3-7,9-13,16H2,1-2H3,(H,30,33,34). The van der Waals surface area contributed by atoms with Crippen LogP contribution in [-0.2, 0) is 17.4 Å². The summed E-state index contributed by atoms with van der Waals surface area (Å²) >= 11 is 0. The number of piperidine rings is 1. The van der Waals surface area contributed by atoms with E-state index < -0.39 is 5.54 Å². The Morgan fingerprint density at radius 2 is 1.85 bits per heavy atom. The predicted molar refractivity (Wildman–Crippen MR) is 149 cm³/mol. The lowest BCUT2D eigenvalue weighted by molar-refractivity contribution is -0.166. The molecule has 4 aliphatic carbocycles. The van der Waals surface area contributed by atoms with Gasteiger partial charge in [0.05, 0.1) is 29.0 Å². The number of fused-ring (bicyclic) bond motifs is 2. The third-order valence-electron chi connectivity index (χ3n) is 10.3. The number of nitrogens with zero attached hydrogens (tertiary/aromatic N) is 8. The number of amides is 1. The molecule has 0 aromatic carbocycles. The first-order valence-corrected chi connectivity index (χ1v) is 14.7. The molecular formula is C29H35N9O2. The van der Waals surface area contributed by atoms with Gasteiger partial charge in [-0.15, -0.1) is 0 Å². The molecule has 2 atom stereocenters. The zero-order valence-corrected chi connectivity index (χ0v) is 23.1. The van der Waals surface area contributed by atoms with E-state index in [4.69, 9.17) is 4.98 Å². The van der Waals surface area contributed by atoms with Crippen molar-refractivity contribution < 1.29 is 4.79 Å². The smallest absolute Gasteiger partial charge is 0.330 e. The van der Waals surface area contributed by atoms with Crippen LogP contribution in [-0.4, -0.2) is 57.6 Å². The Hall–Kier alpha value is -3.76. The molecule has 1 N–H and O–H groups in total. The minimum absolute atomic E-state index is 0.0656. The SMILES string of the molecule is Cc1cc2ncnn2cc1Nc1ncc2c(n1)n(C13CC4CC(CC(C(=O)N5CCCCC5)(C4)C1)C3)c(=O)n2C. The topological polar surface area (TPSA) is 115 Å². The van der Waals surface area contributed by atoms with Crippen molar-refractivity contribution in [2.75, 3.05) is 18.4 Å². The summed E-state index contributed by atoms with van der Waals surface area (Å²) in [6.07, 6.45) is 14.2. The van der Waals surface area contributed by atoms with Crippen LogP contribution in [0.5, 0.6) is 0 Å². The number of nitrogens with one attached hydrogen (secondary N) is 1. The fourth-order valence-electron chi connectivity index (χ4n) is 8.97. The van der Waals surface area contributed by atoms with E-state index in [0.717, 1.165) is 74.9 Å². The molecule has 4 saturated carbocycles. The summed E-state index contributed by atoms with van der Waals surface area (Å²) < 4.78 is 5.34. The summed E-state index contributed by atoms with van der Waals surface area (Å²) in [5.41, 5.74) is 3.12. The molecule has 5 fully saturated rings. The summed E-state index contributed by atoms with van der Waals surface area (Å²) in [7, 11) is 1.80. The van der Waals surface area contributed by atoms with Crippen molar-refractivity contribution >= 4 is 34.4 Å². The van der Waals surface area contributed by atoms with Gasteiger partial charge >= 0.3 is 5.69 Å². The quantitative estimate of drug-likeness (QED) is 0.420. The summed E-state index contributed by atoms with van der Waals surface area (Å²) in [5.74, 6) is 1.70. The lowest BCUT2D eigenvalue weighted by Gasteiger charge is -2.62. The Balaban J connectivity index is 1.21. The predicted octanol–water partition coefficient (Wildman–Crippen LogP) is 3.53. The minimum Gasteiger partial charge on any atom is -0.342 e. The Labute approximate surface area is 231 Å². The van der Waals surface area contributed by atoms with Crippen LogP contribution in [0.25, 0.3) is 16.8 Å². The lowest BCUT2D eigenvalue weighted by atomic mass is 9.46. The number of hydrogen-bond donors (Lipinski definition) is 1. The van der Waals surface area contributed by atoms with Crippen molar-refractivity contribution in [1.29, 1.82) is 0 Å². The molecule has 4 aromatic heterocycles. The second-order valence-corrected chi connectivity index (χ2v) is 13.0. The Kier molecular flexibility index (Phi) is 5.04. The lowest BCUT2D eigenvalue weighted by Crippen LogP contribution is -2.63. The molecule has 4 aromatic rings. The number of imidazole rings is 1. The highest BCUT2D eigenvalue weighted by atomic mass is 16.2. The maximum absolute atomic E-state index is 14.1. The largest absolute Gasteiger partial charge is 0.342 e. The number of rotatable bonds is 4. The van der Waals surface area contributed by atoms with Gasteiger partial charge in [0.2, 0.25) is 11.9 Å². The van der Waals surface area contributed by atoms with E-state index in [0.29, 0.717) is 34.9 Å². The highest BCUT2D eigenvalue weighted by Crippen LogP contribution is 2.64. The molecule has 4 bridgehead atoms. The van der Waals surface area contributed by atoms with Crippen molar-refractivity contribution in [2.24, 2.45) is 24.3 Å². The highest BCUT2D eigenvalue weighted by Gasteiger charge is 2.62. The van der Waals surface area contributed by atoms with E-state index in [2.05, 4.69) is 25.3 Å². The third kappa shape index (κ3) is 3.42. The molecule has 1 aliphatic heterocycles. The van der Waals surface area contributed by atoms with Crippen molar-refractivity contribution in [3.63, 3.8) is 0 Å². The first-order chi connectivity index (χ1) is 19.3. The van der Waals surface area contributed by atoms with E-state index in [9.17, 15) is 9.59 Å². The van der Waals surface area contributed by atoms with Gasteiger partial charge in [0.25, 0.3) is 0 Å². The van der Waals surface area contributed by atoms with Crippen molar-refractivity contribution in [2.45, 2.75) is 70.3 Å². The number of likely N-dealkylation sites (tertiary alicyclic amines) is 1. The molecule has 1 saturated heterocycles. The monoisotopic (exact) mass is 541 g/mol. The van der Waals surface area contributed by atoms with Crippen LogP contribution in [0.2, 0.25) is 0 Å². The van der Waals surface area contributed by atoms with Crippen LogP contribution >= 0.6 is 0 Å². The molecule has 11 heteroatoms. The van der Waals surface area contributed by atoms with E-state index in [1.165, 1.54) is 19.2 Å². The van der Waals surface area contributed by atoms with Gasteiger partial charge in [-0.2, -0.15) is 10.1 Å². The van der Waals surface area contributed by atoms with E-state index in [1.807, 2.05) is 23.8 Å². The number of carbonyl (C=O) groups excluding carboxylic acids is 1. The van der Waals surface area contributed by atoms with Gasteiger partial charge in [0.1, 0.15) is 11.8 Å². The average molecular weight is 542 g/mol. The Morgan fingerprint density at radius 3 is 2.62 bits per heavy atom. The zero-order valence-electron chi connectivity index (χ0n) is 23.1. The number of aromatic nitrogens is 7. The molecule has 5 aliphatic rings. The van der Waals surface area contributed by atoms with E-state index >= 15 is 0 Å². The summed E-state index contributed by atoms with van der Waals surface area (Å²) in [6.45, 7) is 3.75. The molecule has 11 nitrogen and oxygen atoms in total. The Bertz CT molecular complexity index is 1710. The van der Waals surface area contributed by atoms with Gasteiger partial charge in [-0.1, -0.05) is 0 Å².